The Balaban J connectivity index is 1.60. The number of aromatic nitrogens is 2. The van der Waals surface area contributed by atoms with Gasteiger partial charge in [-0.15, -0.1) is 0 Å². The first kappa shape index (κ1) is 21.2. The average molecular weight is 409 g/mol. The van der Waals surface area contributed by atoms with Crippen molar-refractivity contribution >= 4 is 11.9 Å². The zero-order chi connectivity index (χ0) is 21.7. The van der Waals surface area contributed by atoms with Crippen LogP contribution in [0.5, 0.6) is 0 Å². The van der Waals surface area contributed by atoms with E-state index in [0.717, 1.165) is 11.3 Å². The summed E-state index contributed by atoms with van der Waals surface area (Å²) in [6, 6.07) is 14.0. The standard InChI is InChI=1S/C23H24FN3O3/c1-15-21(16(2)27(3)26-15)18-10-7-11-19(22(18)24)23(29)25-13-12-20(28)30-14-17-8-5-4-6-9-17/h4-11H,12-14H2,1-3H3,(H,25,29). The van der Waals surface area contributed by atoms with Gasteiger partial charge in [0.2, 0.25) is 0 Å². The Kier molecular flexibility index (Phi) is 6.61. The van der Waals surface area contributed by atoms with Crippen LogP contribution >= 0.6 is 0 Å². The number of nitrogens with zero attached hydrogens (tertiary/aromatic N) is 2. The van der Waals surface area contributed by atoms with Crippen molar-refractivity contribution in [3.05, 3.63) is 76.9 Å². The lowest BCUT2D eigenvalue weighted by atomic mass is 10.00. The third kappa shape index (κ3) is 4.74. The summed E-state index contributed by atoms with van der Waals surface area (Å²) < 4.78 is 21.9. The second-order valence-electron chi connectivity index (χ2n) is 6.99. The number of ether oxygens (including phenoxy) is 1. The first-order valence-corrected chi connectivity index (χ1v) is 9.65. The fourth-order valence-corrected chi connectivity index (χ4v) is 3.25. The lowest BCUT2D eigenvalue weighted by Gasteiger charge is -2.10. The van der Waals surface area contributed by atoms with E-state index in [2.05, 4.69) is 10.4 Å². The minimum atomic E-state index is -0.610. The van der Waals surface area contributed by atoms with Gasteiger partial charge in [-0.25, -0.2) is 4.39 Å². The van der Waals surface area contributed by atoms with Gasteiger partial charge in [0.15, 0.2) is 0 Å². The van der Waals surface area contributed by atoms with Crippen molar-refractivity contribution in [1.29, 1.82) is 0 Å². The molecule has 1 N–H and O–H groups in total. The minimum absolute atomic E-state index is 0.000699. The molecule has 0 saturated heterocycles. The van der Waals surface area contributed by atoms with Gasteiger partial charge in [0.25, 0.3) is 5.91 Å². The van der Waals surface area contributed by atoms with Gasteiger partial charge >= 0.3 is 5.97 Å². The molecule has 1 heterocycles. The quantitative estimate of drug-likeness (QED) is 0.604. The van der Waals surface area contributed by atoms with Crippen LogP contribution in [0.4, 0.5) is 4.39 Å². The van der Waals surface area contributed by atoms with Gasteiger partial charge in [0, 0.05) is 30.4 Å². The topological polar surface area (TPSA) is 73.2 Å². The predicted octanol–water partition coefficient (Wildman–Crippen LogP) is 3.71. The lowest BCUT2D eigenvalue weighted by molar-refractivity contribution is -0.144. The summed E-state index contributed by atoms with van der Waals surface area (Å²) in [6.07, 6.45) is 0.000699. The Morgan fingerprint density at radius 2 is 1.83 bits per heavy atom. The SMILES string of the molecule is Cc1nn(C)c(C)c1-c1cccc(C(=O)NCCC(=O)OCc2ccccc2)c1F. The molecular weight excluding hydrogens is 385 g/mol. The monoisotopic (exact) mass is 409 g/mol. The van der Waals surface area contributed by atoms with Crippen LogP contribution in [0.1, 0.15) is 33.7 Å². The van der Waals surface area contributed by atoms with E-state index in [1.54, 1.807) is 30.8 Å². The summed E-state index contributed by atoms with van der Waals surface area (Å²) >= 11 is 0. The number of benzene rings is 2. The van der Waals surface area contributed by atoms with E-state index in [4.69, 9.17) is 4.74 Å². The van der Waals surface area contributed by atoms with Crippen LogP contribution in [-0.4, -0.2) is 28.2 Å². The maximum atomic E-state index is 15.1. The molecule has 0 unspecified atom stereocenters. The number of carbonyl (C=O) groups is 2. The molecule has 0 spiro atoms. The first-order chi connectivity index (χ1) is 14.4. The molecule has 0 fully saturated rings. The molecule has 2 aromatic carbocycles. The number of nitrogens with one attached hydrogen (secondary N) is 1. The van der Waals surface area contributed by atoms with Gasteiger partial charge in [0.1, 0.15) is 12.4 Å². The van der Waals surface area contributed by atoms with Crippen LogP contribution < -0.4 is 5.32 Å². The maximum absolute atomic E-state index is 15.1. The molecule has 3 aromatic rings. The summed E-state index contributed by atoms with van der Waals surface area (Å²) in [4.78, 5) is 24.3. The van der Waals surface area contributed by atoms with E-state index in [1.165, 1.54) is 6.07 Å². The molecule has 0 aliphatic rings. The van der Waals surface area contributed by atoms with Gasteiger partial charge in [-0.2, -0.15) is 5.10 Å². The zero-order valence-electron chi connectivity index (χ0n) is 17.2. The van der Waals surface area contributed by atoms with Crippen LogP contribution in [0.3, 0.4) is 0 Å². The molecule has 7 heteroatoms. The maximum Gasteiger partial charge on any atom is 0.307 e. The van der Waals surface area contributed by atoms with E-state index in [0.29, 0.717) is 16.8 Å². The third-order valence-corrected chi connectivity index (χ3v) is 4.88. The van der Waals surface area contributed by atoms with Gasteiger partial charge in [0.05, 0.1) is 17.7 Å². The van der Waals surface area contributed by atoms with Crippen molar-refractivity contribution in [2.24, 2.45) is 7.05 Å². The highest BCUT2D eigenvalue weighted by Crippen LogP contribution is 2.30. The number of halogens is 1. The van der Waals surface area contributed by atoms with Crippen molar-refractivity contribution in [3.63, 3.8) is 0 Å². The molecule has 0 atom stereocenters. The van der Waals surface area contributed by atoms with Gasteiger partial charge in [-0.05, 0) is 25.5 Å². The molecule has 30 heavy (non-hydrogen) atoms. The fraction of sp³-hybridized carbons (Fsp3) is 0.261. The largest absolute Gasteiger partial charge is 0.461 e. The smallest absolute Gasteiger partial charge is 0.307 e. The van der Waals surface area contributed by atoms with Gasteiger partial charge < -0.3 is 10.1 Å². The van der Waals surface area contributed by atoms with Crippen LogP contribution in [0.25, 0.3) is 11.1 Å². The Hall–Kier alpha value is -3.48. The van der Waals surface area contributed by atoms with Crippen molar-refractivity contribution in [1.82, 2.24) is 15.1 Å². The number of hydrogen-bond donors (Lipinski definition) is 1. The molecule has 0 aliphatic heterocycles. The molecule has 156 valence electrons. The van der Waals surface area contributed by atoms with Crippen LogP contribution in [0.2, 0.25) is 0 Å². The first-order valence-electron chi connectivity index (χ1n) is 9.65. The molecule has 0 saturated carbocycles. The molecular formula is C23H24FN3O3. The summed E-state index contributed by atoms with van der Waals surface area (Å²) in [6.45, 7) is 3.88. The van der Waals surface area contributed by atoms with Crippen molar-refractivity contribution in [3.8, 4) is 11.1 Å². The van der Waals surface area contributed by atoms with Crippen molar-refractivity contribution in [2.75, 3.05) is 6.54 Å². The van der Waals surface area contributed by atoms with Crippen LogP contribution in [-0.2, 0) is 23.2 Å². The van der Waals surface area contributed by atoms with Gasteiger partial charge in [-0.3, -0.25) is 14.3 Å². The fourth-order valence-electron chi connectivity index (χ4n) is 3.25. The van der Waals surface area contributed by atoms with E-state index in [1.807, 2.05) is 37.3 Å². The highest BCUT2D eigenvalue weighted by Gasteiger charge is 2.20. The van der Waals surface area contributed by atoms with Crippen LogP contribution in [0, 0.1) is 19.7 Å². The number of esters is 1. The van der Waals surface area contributed by atoms with E-state index in [-0.39, 0.29) is 25.1 Å². The highest BCUT2D eigenvalue weighted by molar-refractivity contribution is 5.96. The number of hydrogen-bond acceptors (Lipinski definition) is 4. The summed E-state index contributed by atoms with van der Waals surface area (Å²) in [5, 5.41) is 6.89. The predicted molar refractivity (Wildman–Crippen MR) is 111 cm³/mol. The second kappa shape index (κ2) is 9.35. The molecule has 0 radical (unpaired) electrons. The summed E-state index contributed by atoms with van der Waals surface area (Å²) in [7, 11) is 1.79. The third-order valence-electron chi connectivity index (χ3n) is 4.88. The Bertz CT molecular complexity index is 1060. The Morgan fingerprint density at radius 1 is 1.10 bits per heavy atom. The Labute approximate surface area is 174 Å². The van der Waals surface area contributed by atoms with Crippen LogP contribution in [0.15, 0.2) is 48.5 Å². The molecule has 1 amide bonds. The molecule has 0 aliphatic carbocycles. The van der Waals surface area contributed by atoms with Gasteiger partial charge in [-0.1, -0.05) is 42.5 Å². The second-order valence-corrected chi connectivity index (χ2v) is 6.99. The molecule has 0 bridgehead atoms. The lowest BCUT2D eigenvalue weighted by Crippen LogP contribution is -2.27. The highest BCUT2D eigenvalue weighted by atomic mass is 19.1. The summed E-state index contributed by atoms with van der Waals surface area (Å²) in [5.41, 5.74) is 3.31. The van der Waals surface area contributed by atoms with E-state index >= 15 is 4.39 Å². The molecule has 6 nitrogen and oxygen atoms in total. The van der Waals surface area contributed by atoms with E-state index < -0.39 is 17.7 Å². The van der Waals surface area contributed by atoms with Crippen molar-refractivity contribution in [2.45, 2.75) is 26.9 Å². The minimum Gasteiger partial charge on any atom is -0.461 e. The summed E-state index contributed by atoms with van der Waals surface area (Å²) in [5.74, 6) is -1.62. The normalized spacial score (nSPS) is 10.7. The molecule has 3 rings (SSSR count). The average Bonchev–Trinajstić information content (AvgIpc) is 2.99. The molecule has 1 aromatic heterocycles. The number of carbonyl (C=O) groups excluding carboxylic acids is 2. The van der Waals surface area contributed by atoms with E-state index in [9.17, 15) is 9.59 Å². The van der Waals surface area contributed by atoms with Crippen molar-refractivity contribution < 1.29 is 18.7 Å². The Morgan fingerprint density at radius 3 is 2.50 bits per heavy atom. The zero-order valence-corrected chi connectivity index (χ0v) is 17.2. The number of aryl methyl sites for hydroxylation is 2. The number of amides is 1. The number of rotatable bonds is 7.